The first-order valence-corrected chi connectivity index (χ1v) is 14.8. The van der Waals surface area contributed by atoms with Gasteiger partial charge in [0.15, 0.2) is 5.82 Å². The van der Waals surface area contributed by atoms with E-state index in [0.717, 1.165) is 62.6 Å². The number of hydrogen-bond donors (Lipinski definition) is 2. The fraction of sp³-hybridized carbons (Fsp3) is 0.741. The molecule has 2 saturated heterocycles. The maximum Gasteiger partial charge on any atom is 0.240 e. The van der Waals surface area contributed by atoms with Crippen LogP contribution in [-0.2, 0) is 4.79 Å². The second kappa shape index (κ2) is 11.4. The number of amides is 1. The quantitative estimate of drug-likeness (QED) is 0.520. The van der Waals surface area contributed by atoms with Crippen LogP contribution in [0.5, 0.6) is 0 Å². The first-order valence-electron chi connectivity index (χ1n) is 14.0. The van der Waals surface area contributed by atoms with Crippen molar-refractivity contribution < 1.29 is 4.79 Å². The monoisotopic (exact) mass is 541 g/mol. The van der Waals surface area contributed by atoms with Crippen molar-refractivity contribution in [2.75, 3.05) is 67.9 Å². The summed E-state index contributed by atoms with van der Waals surface area (Å²) in [6.45, 7) is 17.0. The third kappa shape index (κ3) is 7.39. The van der Waals surface area contributed by atoms with Crippen LogP contribution in [-0.4, -0.2) is 94.5 Å². The van der Waals surface area contributed by atoms with Crippen LogP contribution in [0.3, 0.4) is 0 Å². The number of hydrogen-bond acceptors (Lipinski definition) is 10. The molecule has 208 valence electrons. The largest absolute Gasteiger partial charge is 0.355 e. The Kier molecular flexibility index (Phi) is 8.16. The molecule has 1 amide bonds. The molecule has 11 heteroatoms. The summed E-state index contributed by atoms with van der Waals surface area (Å²) in [5.74, 6) is 1.64. The third-order valence-corrected chi connectivity index (χ3v) is 8.83. The molecule has 0 spiro atoms. The highest BCUT2D eigenvalue weighted by molar-refractivity contribution is 7.19. The van der Waals surface area contributed by atoms with Gasteiger partial charge in [0.05, 0.1) is 6.54 Å². The van der Waals surface area contributed by atoms with Gasteiger partial charge in [-0.05, 0) is 54.6 Å². The Morgan fingerprint density at radius 1 is 1.00 bits per heavy atom. The molecule has 3 fully saturated rings. The van der Waals surface area contributed by atoms with Crippen molar-refractivity contribution in [3.8, 4) is 0 Å². The molecule has 1 saturated carbocycles. The van der Waals surface area contributed by atoms with Crippen LogP contribution in [0.2, 0.25) is 0 Å². The zero-order chi connectivity index (χ0) is 26.8. The van der Waals surface area contributed by atoms with E-state index in [9.17, 15) is 4.79 Å². The van der Waals surface area contributed by atoms with Gasteiger partial charge in [-0.3, -0.25) is 15.0 Å². The highest BCUT2D eigenvalue weighted by Gasteiger charge is 2.39. The summed E-state index contributed by atoms with van der Waals surface area (Å²) in [6, 6.07) is 4.14. The first kappa shape index (κ1) is 27.2. The van der Waals surface area contributed by atoms with Gasteiger partial charge in [-0.1, -0.05) is 39.0 Å². The van der Waals surface area contributed by atoms with E-state index in [4.69, 9.17) is 0 Å². The van der Waals surface area contributed by atoms with E-state index < -0.39 is 0 Å². The van der Waals surface area contributed by atoms with Crippen molar-refractivity contribution in [1.29, 1.82) is 0 Å². The summed E-state index contributed by atoms with van der Waals surface area (Å²) in [4.78, 5) is 19.8. The third-order valence-electron chi connectivity index (χ3n) is 8.06. The summed E-state index contributed by atoms with van der Waals surface area (Å²) in [6.07, 6.45) is 6.62. The number of rotatable bonds is 8. The molecule has 38 heavy (non-hydrogen) atoms. The number of nitrogens with zero attached hydrogens (tertiary/aromatic N) is 7. The minimum atomic E-state index is -0.0216. The standard InChI is InChI=1S/C27H43N9OS/c1-26(2)14-20(15-27(3,4)19-26)16-34-10-12-35(13-11-34)18-23(37)30-25-33-32-24(38-25)29-21-7-9-36(17-21)22-6-5-8-28-31-22/h5-6,8,20-21H,7,9-19H2,1-4H3,(H,29,32)(H,30,33,37)/t21-/m1/s1. The Morgan fingerprint density at radius 2 is 1.71 bits per heavy atom. The summed E-state index contributed by atoms with van der Waals surface area (Å²) in [5.41, 5.74) is 0.863. The molecule has 5 rings (SSSR count). The van der Waals surface area contributed by atoms with E-state index in [1.165, 1.54) is 37.1 Å². The van der Waals surface area contributed by atoms with E-state index in [-0.39, 0.29) is 11.9 Å². The molecule has 2 aromatic heterocycles. The van der Waals surface area contributed by atoms with E-state index in [1.54, 1.807) is 6.20 Å². The molecule has 0 radical (unpaired) electrons. The first-order chi connectivity index (χ1) is 18.1. The molecular weight excluding hydrogens is 498 g/mol. The minimum absolute atomic E-state index is 0.0216. The summed E-state index contributed by atoms with van der Waals surface area (Å²) < 4.78 is 0. The van der Waals surface area contributed by atoms with Crippen LogP contribution >= 0.6 is 11.3 Å². The zero-order valence-electron chi connectivity index (χ0n) is 23.3. The summed E-state index contributed by atoms with van der Waals surface area (Å²) in [5, 5.41) is 24.3. The van der Waals surface area contributed by atoms with E-state index >= 15 is 0 Å². The van der Waals surface area contributed by atoms with E-state index in [0.29, 0.717) is 22.5 Å². The Bertz CT molecular complexity index is 1050. The van der Waals surface area contributed by atoms with Crippen LogP contribution in [0.1, 0.15) is 53.4 Å². The van der Waals surface area contributed by atoms with Gasteiger partial charge in [0.2, 0.25) is 16.2 Å². The lowest BCUT2D eigenvalue weighted by molar-refractivity contribution is -0.117. The number of nitrogens with one attached hydrogen (secondary N) is 2. The van der Waals surface area contributed by atoms with Gasteiger partial charge in [0.1, 0.15) is 0 Å². The van der Waals surface area contributed by atoms with Crippen molar-refractivity contribution in [3.05, 3.63) is 18.3 Å². The summed E-state index contributed by atoms with van der Waals surface area (Å²) in [7, 11) is 0. The lowest BCUT2D eigenvalue weighted by atomic mass is 9.61. The van der Waals surface area contributed by atoms with Crippen molar-refractivity contribution in [3.63, 3.8) is 0 Å². The van der Waals surface area contributed by atoms with Gasteiger partial charge in [0, 0.05) is 58.1 Å². The molecule has 10 nitrogen and oxygen atoms in total. The normalized spacial score (nSPS) is 24.4. The van der Waals surface area contributed by atoms with Crippen molar-refractivity contribution in [2.24, 2.45) is 16.7 Å². The molecule has 0 unspecified atom stereocenters. The predicted octanol–water partition coefficient (Wildman–Crippen LogP) is 3.43. The molecule has 4 heterocycles. The lowest BCUT2D eigenvalue weighted by Crippen LogP contribution is -2.50. The van der Waals surface area contributed by atoms with Crippen LogP contribution in [0.25, 0.3) is 0 Å². The van der Waals surface area contributed by atoms with Gasteiger partial charge in [0.25, 0.3) is 0 Å². The van der Waals surface area contributed by atoms with Gasteiger partial charge in [-0.2, -0.15) is 5.10 Å². The van der Waals surface area contributed by atoms with Crippen LogP contribution < -0.4 is 15.5 Å². The maximum absolute atomic E-state index is 12.7. The van der Waals surface area contributed by atoms with Gasteiger partial charge < -0.3 is 15.1 Å². The lowest BCUT2D eigenvalue weighted by Gasteiger charge is -2.47. The zero-order valence-corrected chi connectivity index (χ0v) is 24.1. The number of piperazine rings is 1. The highest BCUT2D eigenvalue weighted by atomic mass is 32.1. The average Bonchev–Trinajstić information content (AvgIpc) is 3.49. The van der Waals surface area contributed by atoms with Crippen LogP contribution in [0.4, 0.5) is 16.1 Å². The van der Waals surface area contributed by atoms with Crippen LogP contribution in [0.15, 0.2) is 18.3 Å². The second-order valence-electron chi connectivity index (χ2n) is 13.0. The Hall–Kier alpha value is -2.37. The van der Waals surface area contributed by atoms with Crippen LogP contribution in [0, 0.1) is 16.7 Å². The smallest absolute Gasteiger partial charge is 0.240 e. The molecule has 2 N–H and O–H groups in total. The summed E-state index contributed by atoms with van der Waals surface area (Å²) >= 11 is 1.39. The maximum atomic E-state index is 12.7. The number of carbonyl (C=O) groups excluding carboxylic acids is 1. The highest BCUT2D eigenvalue weighted by Crippen LogP contribution is 2.48. The molecular formula is C27H43N9OS. The Morgan fingerprint density at radius 3 is 2.42 bits per heavy atom. The predicted molar refractivity (Wildman–Crippen MR) is 153 cm³/mol. The van der Waals surface area contributed by atoms with Gasteiger partial charge >= 0.3 is 0 Å². The molecule has 2 aliphatic heterocycles. The Balaban J connectivity index is 1.02. The van der Waals surface area contributed by atoms with Gasteiger partial charge in [-0.15, -0.1) is 15.3 Å². The average molecular weight is 542 g/mol. The molecule has 1 atom stereocenters. The fourth-order valence-corrected chi connectivity index (χ4v) is 7.85. The van der Waals surface area contributed by atoms with E-state index in [2.05, 4.69) is 73.4 Å². The fourth-order valence-electron chi connectivity index (χ4n) is 7.12. The molecule has 3 aliphatic rings. The second-order valence-corrected chi connectivity index (χ2v) is 14.0. The molecule has 0 bridgehead atoms. The van der Waals surface area contributed by atoms with Crippen molar-refractivity contribution >= 4 is 33.3 Å². The van der Waals surface area contributed by atoms with Gasteiger partial charge in [-0.25, -0.2) is 0 Å². The van der Waals surface area contributed by atoms with Crippen molar-refractivity contribution in [1.82, 2.24) is 30.2 Å². The Labute approximate surface area is 230 Å². The number of aromatic nitrogens is 4. The SMILES string of the molecule is CC1(C)CC(CN2CCN(CC(=O)Nc3nnc(N[C@@H]4CCN(c5cccnn5)C4)s3)CC2)CC(C)(C)C1. The van der Waals surface area contributed by atoms with Crippen molar-refractivity contribution in [2.45, 2.75) is 59.4 Å². The minimum Gasteiger partial charge on any atom is -0.355 e. The topological polar surface area (TPSA) is 102 Å². The molecule has 2 aromatic rings. The number of anilines is 3. The molecule has 1 aliphatic carbocycles. The number of carbonyl (C=O) groups is 1. The molecule has 0 aromatic carbocycles. The van der Waals surface area contributed by atoms with E-state index in [1.807, 2.05) is 12.1 Å².